The summed E-state index contributed by atoms with van der Waals surface area (Å²) in [5.74, 6) is -0.209. The Kier molecular flexibility index (Phi) is 6.78. The molecule has 5 heteroatoms. The smallest absolute Gasteiger partial charge is 0.131 e. The molecule has 0 aliphatic rings. The van der Waals surface area contributed by atoms with E-state index in [9.17, 15) is 0 Å². The van der Waals surface area contributed by atoms with Crippen molar-refractivity contribution in [2.24, 2.45) is 4.99 Å². The molecule has 2 aromatic carbocycles. The lowest BCUT2D eigenvalue weighted by atomic mass is 9.97. The molecule has 2 heterocycles. The number of thiophene rings is 2. The number of aliphatic imine (C=N–C) groups is 1. The first-order chi connectivity index (χ1) is 15.0. The minimum Gasteiger partial charge on any atom is -0.206 e. The number of fused-ring (bicyclic) bond motifs is 1. The minimum absolute atomic E-state index is 0.209. The molecular formula is C26H24FNS3. The van der Waals surface area contributed by atoms with Crippen LogP contribution in [0, 0.1) is 19.7 Å². The SMILES string of the molecule is CCCCCc1cc2sc(-c3ccc(-c4cc(C)c(N=C=S)c(C)c4)c(F)c3)cc2s1. The number of aryl methyl sites for hydroxylation is 3. The van der Waals surface area contributed by atoms with Gasteiger partial charge in [-0.15, -0.1) is 22.7 Å². The van der Waals surface area contributed by atoms with Crippen LogP contribution in [-0.2, 0) is 6.42 Å². The van der Waals surface area contributed by atoms with E-state index in [1.54, 1.807) is 17.4 Å². The van der Waals surface area contributed by atoms with Crippen LogP contribution in [-0.4, -0.2) is 5.16 Å². The second-order valence-electron chi connectivity index (χ2n) is 7.87. The number of rotatable bonds is 7. The Balaban J connectivity index is 1.62. The van der Waals surface area contributed by atoms with Crippen molar-refractivity contribution in [3.05, 3.63) is 64.3 Å². The first kappa shape index (κ1) is 22.0. The van der Waals surface area contributed by atoms with Crippen LogP contribution in [0.2, 0.25) is 0 Å². The predicted octanol–water partition coefficient (Wildman–Crippen LogP) is 9.52. The van der Waals surface area contributed by atoms with Gasteiger partial charge in [-0.1, -0.05) is 31.9 Å². The first-order valence-electron chi connectivity index (χ1n) is 10.5. The van der Waals surface area contributed by atoms with Gasteiger partial charge >= 0.3 is 0 Å². The van der Waals surface area contributed by atoms with Crippen LogP contribution < -0.4 is 0 Å². The number of thiocarbonyl (C=S) groups is 1. The Labute approximate surface area is 196 Å². The molecule has 4 aromatic rings. The summed E-state index contributed by atoms with van der Waals surface area (Å²) in [5.41, 5.74) is 5.12. The van der Waals surface area contributed by atoms with Crippen LogP contribution in [0.4, 0.5) is 10.1 Å². The van der Waals surface area contributed by atoms with Gasteiger partial charge in [-0.05, 0) is 91.5 Å². The lowest BCUT2D eigenvalue weighted by Crippen LogP contribution is -1.89. The molecule has 0 aliphatic carbocycles. The average Bonchev–Trinajstić information content (AvgIpc) is 3.29. The first-order valence-corrected chi connectivity index (χ1v) is 12.6. The summed E-state index contributed by atoms with van der Waals surface area (Å²) < 4.78 is 17.7. The van der Waals surface area contributed by atoms with E-state index in [1.165, 1.54) is 33.5 Å². The average molecular weight is 466 g/mol. The number of nitrogens with zero attached hydrogens (tertiary/aromatic N) is 1. The van der Waals surface area contributed by atoms with Crippen LogP contribution in [0.1, 0.15) is 42.2 Å². The molecule has 0 bridgehead atoms. The molecule has 4 rings (SSSR count). The molecule has 31 heavy (non-hydrogen) atoms. The molecule has 158 valence electrons. The van der Waals surface area contributed by atoms with Gasteiger partial charge in [0.2, 0.25) is 0 Å². The highest BCUT2D eigenvalue weighted by atomic mass is 32.1. The Morgan fingerprint density at radius 3 is 2.32 bits per heavy atom. The van der Waals surface area contributed by atoms with Gasteiger partial charge < -0.3 is 0 Å². The van der Waals surface area contributed by atoms with Crippen molar-refractivity contribution >= 4 is 55.1 Å². The standard InChI is InChI=1S/C26H24FNS3/c1-4-5-6-7-20-13-24-25(30-20)14-23(31-24)18-8-9-21(22(27)12-18)19-10-16(2)26(28-15-29)17(3)11-19/h8-14H,4-7H2,1-3H3. The lowest BCUT2D eigenvalue weighted by molar-refractivity contribution is 0.632. The van der Waals surface area contributed by atoms with Gasteiger partial charge in [0, 0.05) is 24.7 Å². The van der Waals surface area contributed by atoms with Gasteiger partial charge in [-0.3, -0.25) is 0 Å². The predicted molar refractivity (Wildman–Crippen MR) is 138 cm³/mol. The highest BCUT2D eigenvalue weighted by molar-refractivity contribution is 7.78. The van der Waals surface area contributed by atoms with E-state index in [0.717, 1.165) is 39.2 Å². The molecule has 0 aliphatic heterocycles. The zero-order valence-electron chi connectivity index (χ0n) is 17.9. The number of halogens is 1. The molecule has 0 amide bonds. The van der Waals surface area contributed by atoms with E-state index >= 15 is 4.39 Å². The van der Waals surface area contributed by atoms with E-state index in [0.29, 0.717) is 5.56 Å². The Bertz CT molecular complexity index is 1240. The number of hydrogen-bond acceptors (Lipinski definition) is 4. The molecule has 0 saturated carbocycles. The van der Waals surface area contributed by atoms with E-state index in [2.05, 4.69) is 29.2 Å². The zero-order valence-corrected chi connectivity index (χ0v) is 20.4. The fourth-order valence-corrected chi connectivity index (χ4v) is 6.49. The largest absolute Gasteiger partial charge is 0.206 e. The summed E-state index contributed by atoms with van der Waals surface area (Å²) in [7, 11) is 0. The summed E-state index contributed by atoms with van der Waals surface area (Å²) in [6.07, 6.45) is 4.94. The Hall–Kier alpha value is -2.17. The van der Waals surface area contributed by atoms with Gasteiger partial charge in [-0.2, -0.15) is 4.99 Å². The number of benzene rings is 2. The molecule has 0 fully saturated rings. The Morgan fingerprint density at radius 1 is 0.935 bits per heavy atom. The summed E-state index contributed by atoms with van der Waals surface area (Å²) in [5, 5.41) is 2.42. The van der Waals surface area contributed by atoms with Gasteiger partial charge in [0.1, 0.15) is 5.82 Å². The minimum atomic E-state index is -0.209. The van der Waals surface area contributed by atoms with Crippen molar-refractivity contribution in [1.82, 2.24) is 0 Å². The number of isothiocyanates is 1. The summed E-state index contributed by atoms with van der Waals surface area (Å²) in [6, 6.07) is 14.0. The molecule has 1 nitrogen and oxygen atoms in total. The molecule has 0 saturated heterocycles. The van der Waals surface area contributed by atoms with Crippen molar-refractivity contribution < 1.29 is 4.39 Å². The maximum absolute atomic E-state index is 15.1. The van der Waals surface area contributed by atoms with Crippen molar-refractivity contribution in [2.75, 3.05) is 0 Å². The highest BCUT2D eigenvalue weighted by Gasteiger charge is 2.13. The Morgan fingerprint density at radius 2 is 1.68 bits per heavy atom. The molecule has 2 aromatic heterocycles. The van der Waals surface area contributed by atoms with Crippen molar-refractivity contribution in [2.45, 2.75) is 46.5 Å². The van der Waals surface area contributed by atoms with E-state index in [-0.39, 0.29) is 5.82 Å². The van der Waals surface area contributed by atoms with Gasteiger partial charge in [0.05, 0.1) is 10.8 Å². The maximum Gasteiger partial charge on any atom is 0.131 e. The molecule has 0 N–H and O–H groups in total. The van der Waals surface area contributed by atoms with E-state index < -0.39 is 0 Å². The second kappa shape index (κ2) is 9.54. The highest BCUT2D eigenvalue weighted by Crippen LogP contribution is 2.40. The second-order valence-corrected chi connectivity index (χ2v) is 10.3. The fourth-order valence-electron chi connectivity index (χ4n) is 3.94. The number of hydrogen-bond donors (Lipinski definition) is 0. The van der Waals surface area contributed by atoms with Gasteiger partial charge in [-0.25, -0.2) is 4.39 Å². The van der Waals surface area contributed by atoms with E-state index in [4.69, 9.17) is 12.2 Å². The third-order valence-corrected chi connectivity index (χ3v) is 7.99. The number of unbranched alkanes of at least 4 members (excludes halogenated alkanes) is 2. The van der Waals surface area contributed by atoms with E-state index in [1.807, 2.05) is 49.4 Å². The van der Waals surface area contributed by atoms with Crippen molar-refractivity contribution in [1.29, 1.82) is 0 Å². The summed E-state index contributed by atoms with van der Waals surface area (Å²) >= 11 is 8.35. The molecule has 0 radical (unpaired) electrons. The maximum atomic E-state index is 15.1. The molecule has 0 spiro atoms. The molecular weight excluding hydrogens is 441 g/mol. The summed E-state index contributed by atoms with van der Waals surface area (Å²) in [6.45, 7) is 6.16. The zero-order chi connectivity index (χ0) is 22.0. The van der Waals surface area contributed by atoms with Crippen LogP contribution in [0.15, 0.2) is 47.5 Å². The van der Waals surface area contributed by atoms with Crippen LogP contribution in [0.3, 0.4) is 0 Å². The van der Waals surface area contributed by atoms with Gasteiger partial charge in [0.15, 0.2) is 0 Å². The van der Waals surface area contributed by atoms with Crippen LogP contribution in [0.5, 0.6) is 0 Å². The van der Waals surface area contributed by atoms with Crippen LogP contribution in [0.25, 0.3) is 31.0 Å². The summed E-state index contributed by atoms with van der Waals surface area (Å²) in [4.78, 5) is 6.70. The van der Waals surface area contributed by atoms with Crippen molar-refractivity contribution in [3.8, 4) is 21.6 Å². The quantitative estimate of drug-likeness (QED) is 0.150. The van der Waals surface area contributed by atoms with Crippen molar-refractivity contribution in [3.63, 3.8) is 0 Å². The van der Waals surface area contributed by atoms with Gasteiger partial charge in [0.25, 0.3) is 0 Å². The third-order valence-electron chi connectivity index (χ3n) is 5.50. The normalized spacial score (nSPS) is 11.1. The molecule has 0 atom stereocenters. The third kappa shape index (κ3) is 4.70. The monoisotopic (exact) mass is 465 g/mol. The lowest BCUT2D eigenvalue weighted by Gasteiger charge is -2.10. The molecule has 0 unspecified atom stereocenters. The fraction of sp³-hybridized carbons (Fsp3) is 0.269. The van der Waals surface area contributed by atoms with Crippen LogP contribution >= 0.6 is 34.9 Å². The topological polar surface area (TPSA) is 12.4 Å².